The van der Waals surface area contributed by atoms with Gasteiger partial charge >= 0.3 is 6.09 Å². The lowest BCUT2D eigenvalue weighted by molar-refractivity contribution is 0.0780. The van der Waals surface area contributed by atoms with E-state index in [2.05, 4.69) is 15.2 Å². The van der Waals surface area contributed by atoms with Gasteiger partial charge in [0.2, 0.25) is 0 Å². The highest BCUT2D eigenvalue weighted by Crippen LogP contribution is 2.43. The molecule has 0 aliphatic carbocycles. The number of carbonyl (C=O) groups is 1. The lowest BCUT2D eigenvalue weighted by Gasteiger charge is -2.49. The van der Waals surface area contributed by atoms with Gasteiger partial charge in [-0.15, -0.1) is 0 Å². The van der Waals surface area contributed by atoms with Crippen molar-refractivity contribution in [3.8, 4) is 17.1 Å². The zero-order valence-corrected chi connectivity index (χ0v) is 25.1. The molecule has 1 aromatic heterocycles. The van der Waals surface area contributed by atoms with Crippen LogP contribution in [0.15, 0.2) is 24.0 Å². The number of aliphatic hydroxyl groups is 2. The van der Waals surface area contributed by atoms with E-state index in [1.807, 2.05) is 20.8 Å². The minimum Gasteiger partial charge on any atom is -0.512 e. The molecule has 228 valence electrons. The summed E-state index contributed by atoms with van der Waals surface area (Å²) in [6, 6.07) is 4.22. The number of likely N-dealkylation sites (N-methyl/N-ethyl adjacent to an activating group) is 1. The summed E-state index contributed by atoms with van der Waals surface area (Å²) in [5, 5.41) is 31.7. The van der Waals surface area contributed by atoms with E-state index < -0.39 is 11.9 Å². The van der Waals surface area contributed by atoms with Crippen molar-refractivity contribution in [2.75, 3.05) is 51.3 Å². The maximum absolute atomic E-state index is 15.2. The molecule has 12 heteroatoms. The fraction of sp³-hybridized carbons (Fsp3) is 0.533. The van der Waals surface area contributed by atoms with Crippen molar-refractivity contribution in [2.24, 2.45) is 5.41 Å². The predicted molar refractivity (Wildman–Crippen MR) is 159 cm³/mol. The molecule has 0 bridgehead atoms. The molecule has 1 amide bonds. The lowest BCUT2D eigenvalue weighted by atomic mass is 9.79. The van der Waals surface area contributed by atoms with Crippen molar-refractivity contribution >= 4 is 23.2 Å². The van der Waals surface area contributed by atoms with Crippen LogP contribution >= 0.6 is 0 Å². The van der Waals surface area contributed by atoms with Gasteiger partial charge in [-0.25, -0.2) is 19.2 Å². The Balaban J connectivity index is 1.68. The summed E-state index contributed by atoms with van der Waals surface area (Å²) in [7, 11) is 1.72. The van der Waals surface area contributed by atoms with Gasteiger partial charge in [0, 0.05) is 49.4 Å². The Hall–Kier alpha value is -3.77. The van der Waals surface area contributed by atoms with Crippen molar-refractivity contribution < 1.29 is 28.9 Å². The molecule has 11 nitrogen and oxygen atoms in total. The fourth-order valence-corrected chi connectivity index (χ4v) is 5.59. The number of anilines is 1. The highest BCUT2D eigenvalue weighted by atomic mass is 19.1. The number of ether oxygens (including phenoxy) is 2. The molecule has 42 heavy (non-hydrogen) atoms. The van der Waals surface area contributed by atoms with Crippen LogP contribution in [0, 0.1) is 23.6 Å². The fourth-order valence-electron chi connectivity index (χ4n) is 5.59. The number of hydrogen-bond donors (Lipinski definition) is 4. The van der Waals surface area contributed by atoms with E-state index in [4.69, 9.17) is 19.9 Å². The average Bonchev–Trinajstić information content (AvgIpc) is 3.34. The van der Waals surface area contributed by atoms with Gasteiger partial charge < -0.3 is 40.2 Å². The van der Waals surface area contributed by atoms with Gasteiger partial charge in [-0.2, -0.15) is 0 Å². The van der Waals surface area contributed by atoms with Crippen LogP contribution in [0.4, 0.5) is 15.0 Å². The Kier molecular flexibility index (Phi) is 9.37. The molecule has 2 aliphatic rings. The first-order valence-electron chi connectivity index (χ1n) is 14.1. The Morgan fingerprint density at radius 1 is 1.24 bits per heavy atom. The molecule has 2 saturated heterocycles. The molecule has 0 radical (unpaired) electrons. The van der Waals surface area contributed by atoms with Crippen molar-refractivity contribution in [2.45, 2.75) is 53.2 Å². The number of benzene rings is 1. The number of halogens is 1. The molecule has 3 heterocycles. The molecule has 0 unspecified atom stereocenters. The third kappa shape index (κ3) is 6.65. The molecule has 1 aromatic carbocycles. The summed E-state index contributed by atoms with van der Waals surface area (Å²) in [6.07, 6.45) is -0.418. The second-order valence-corrected chi connectivity index (χ2v) is 11.6. The molecule has 2 aliphatic heterocycles. The molecular weight excluding hydrogens is 543 g/mol. The number of rotatable bonds is 10. The minimum atomic E-state index is -0.745. The van der Waals surface area contributed by atoms with Gasteiger partial charge in [-0.1, -0.05) is 0 Å². The first-order chi connectivity index (χ1) is 19.8. The molecule has 4 rings (SSSR count). The van der Waals surface area contributed by atoms with E-state index in [0.717, 1.165) is 6.42 Å². The Morgan fingerprint density at radius 3 is 2.57 bits per heavy atom. The Bertz CT molecular complexity index is 1370. The van der Waals surface area contributed by atoms with Gasteiger partial charge in [0.1, 0.15) is 35.9 Å². The first kappa shape index (κ1) is 31.2. The summed E-state index contributed by atoms with van der Waals surface area (Å²) >= 11 is 0. The quantitative estimate of drug-likeness (QED) is 0.241. The van der Waals surface area contributed by atoms with Gasteiger partial charge in [-0.3, -0.25) is 0 Å². The maximum Gasteiger partial charge on any atom is 0.410 e. The monoisotopic (exact) mass is 584 g/mol. The molecule has 1 atom stereocenters. The molecule has 0 saturated carbocycles. The van der Waals surface area contributed by atoms with Crippen molar-refractivity contribution in [3.05, 3.63) is 41.0 Å². The molecule has 4 N–H and O–H groups in total. The van der Waals surface area contributed by atoms with Gasteiger partial charge in [0.05, 0.1) is 22.9 Å². The van der Waals surface area contributed by atoms with Crippen molar-refractivity contribution in [3.63, 3.8) is 0 Å². The third-order valence-corrected chi connectivity index (χ3v) is 7.54. The Labute approximate surface area is 245 Å². The highest BCUT2D eigenvalue weighted by Gasteiger charge is 2.50. The standard InChI is InChI=1S/C30H41FN6O5/c1-17(2)42-29(40)36-10-9-30(14-36)15-37(16-30)28-18(3)26(25(19(4)32)20(5)38)34-27(35-28)23-11-22(7-8-24(23)31)41-13-21(39)12-33-6/h7-8,11,17,21,32-33,38-39H,9-10,12-16H2,1-6H3/b25-20+,32-19?/t21-/m1/s1. The lowest BCUT2D eigenvalue weighted by Crippen LogP contribution is -2.58. The summed E-state index contributed by atoms with van der Waals surface area (Å²) in [6.45, 7) is 11.3. The smallest absolute Gasteiger partial charge is 0.410 e. The van der Waals surface area contributed by atoms with Crippen LogP contribution < -0.4 is 15.0 Å². The number of allylic oxidation sites excluding steroid dienone is 2. The van der Waals surface area contributed by atoms with Crippen LogP contribution in [0.5, 0.6) is 5.75 Å². The molecular formula is C30H41FN6O5. The van der Waals surface area contributed by atoms with E-state index in [1.54, 1.807) is 18.9 Å². The minimum absolute atomic E-state index is 0.0122. The first-order valence-corrected chi connectivity index (χ1v) is 14.1. The van der Waals surface area contributed by atoms with Crippen molar-refractivity contribution in [1.82, 2.24) is 20.2 Å². The number of carbonyl (C=O) groups excluding carboxylic acids is 1. The highest BCUT2D eigenvalue weighted by molar-refractivity contribution is 6.21. The van der Waals surface area contributed by atoms with Crippen LogP contribution in [-0.2, 0) is 4.74 Å². The maximum atomic E-state index is 15.2. The van der Waals surface area contributed by atoms with Crippen LogP contribution in [0.25, 0.3) is 17.0 Å². The van der Waals surface area contributed by atoms with E-state index in [-0.39, 0.29) is 52.7 Å². The summed E-state index contributed by atoms with van der Waals surface area (Å²) in [4.78, 5) is 25.7. The van der Waals surface area contributed by atoms with E-state index in [9.17, 15) is 15.0 Å². The second kappa shape index (κ2) is 12.6. The number of nitrogens with zero attached hydrogens (tertiary/aromatic N) is 4. The summed E-state index contributed by atoms with van der Waals surface area (Å²) in [5.41, 5.74) is 1.34. The molecule has 1 spiro atoms. The van der Waals surface area contributed by atoms with E-state index in [0.29, 0.717) is 55.5 Å². The summed E-state index contributed by atoms with van der Waals surface area (Å²) < 4.78 is 26.3. The van der Waals surface area contributed by atoms with Gasteiger partial charge in [-0.05, 0) is 66.3 Å². The number of aromatic nitrogens is 2. The number of amides is 1. The summed E-state index contributed by atoms with van der Waals surface area (Å²) in [5.74, 6) is 0.352. The zero-order valence-electron chi connectivity index (χ0n) is 25.1. The van der Waals surface area contributed by atoms with Crippen molar-refractivity contribution in [1.29, 1.82) is 5.41 Å². The van der Waals surface area contributed by atoms with E-state index >= 15 is 4.39 Å². The predicted octanol–water partition coefficient (Wildman–Crippen LogP) is 3.94. The molecule has 2 fully saturated rings. The van der Waals surface area contributed by atoms with Crippen LogP contribution in [-0.4, -0.2) is 95.5 Å². The van der Waals surface area contributed by atoms with Crippen LogP contribution in [0.1, 0.15) is 45.4 Å². The van der Waals surface area contributed by atoms with Gasteiger partial charge in [0.25, 0.3) is 0 Å². The zero-order chi connectivity index (χ0) is 30.8. The second-order valence-electron chi connectivity index (χ2n) is 11.6. The number of hydrogen-bond acceptors (Lipinski definition) is 10. The Morgan fingerprint density at radius 2 is 1.95 bits per heavy atom. The topological polar surface area (TPSA) is 144 Å². The SMILES string of the molecule is CNC[C@@H](O)COc1ccc(F)c(-c2nc(/C(C(C)=N)=C(\C)O)c(C)c(N3CC4(CCN(C(=O)OC(C)C)C4)C3)n2)c1. The number of aliphatic hydroxyl groups excluding tert-OH is 2. The van der Waals surface area contributed by atoms with Crippen LogP contribution in [0.2, 0.25) is 0 Å². The number of likely N-dealkylation sites (tertiary alicyclic amines) is 1. The third-order valence-electron chi connectivity index (χ3n) is 7.54. The van der Waals surface area contributed by atoms with Gasteiger partial charge in [0.15, 0.2) is 5.82 Å². The molecule has 2 aromatic rings. The largest absolute Gasteiger partial charge is 0.512 e. The number of nitrogens with one attached hydrogen (secondary N) is 2. The normalized spacial score (nSPS) is 17.3. The van der Waals surface area contributed by atoms with Crippen LogP contribution in [0.3, 0.4) is 0 Å². The average molecular weight is 585 g/mol. The van der Waals surface area contributed by atoms with E-state index in [1.165, 1.54) is 25.1 Å².